The highest BCUT2D eigenvalue weighted by atomic mass is 16.5. The number of carbonyl (C=O) groups excluding carboxylic acids is 1. The van der Waals surface area contributed by atoms with Crippen molar-refractivity contribution in [2.45, 2.75) is 6.42 Å². The molecule has 2 heteroatoms. The fraction of sp³-hybridized carbons (Fsp3) is 0.500. The Kier molecular flexibility index (Phi) is 0.498. The van der Waals surface area contributed by atoms with Crippen molar-refractivity contribution in [1.82, 2.24) is 0 Å². The van der Waals surface area contributed by atoms with E-state index in [-0.39, 0.29) is 5.97 Å². The van der Waals surface area contributed by atoms with Crippen LogP contribution in [-0.2, 0) is 9.53 Å². The van der Waals surface area contributed by atoms with Crippen molar-refractivity contribution in [3.05, 3.63) is 11.1 Å². The predicted molar refractivity (Wildman–Crippen MR) is 27.1 cm³/mol. The zero-order chi connectivity index (χ0) is 5.72. The van der Waals surface area contributed by atoms with E-state index >= 15 is 0 Å². The first kappa shape index (κ1) is 4.13. The Morgan fingerprint density at radius 3 is 2.62 bits per heavy atom. The lowest BCUT2D eigenvalue weighted by molar-refractivity contribution is -0.135. The summed E-state index contributed by atoms with van der Waals surface area (Å²) in [6.45, 7) is 0. The summed E-state index contributed by atoms with van der Waals surface area (Å²) in [7, 11) is 1.42. The topological polar surface area (TPSA) is 26.3 Å². The second kappa shape index (κ2) is 0.966. The Labute approximate surface area is 47.1 Å². The van der Waals surface area contributed by atoms with Crippen LogP contribution in [0, 0.1) is 5.92 Å². The molecule has 0 aromatic carbocycles. The van der Waals surface area contributed by atoms with Gasteiger partial charge in [-0.2, -0.15) is 0 Å². The molecule has 0 radical (unpaired) electrons. The molecule has 0 heterocycles. The SMILES string of the molecule is COC(=O)C1=C2CC21. The molecule has 0 N–H and O–H groups in total. The molecule has 1 unspecified atom stereocenters. The first-order chi connectivity index (χ1) is 3.84. The highest BCUT2D eigenvalue weighted by molar-refractivity contribution is 6.00. The number of rotatable bonds is 1. The Morgan fingerprint density at radius 2 is 2.50 bits per heavy atom. The van der Waals surface area contributed by atoms with Crippen LogP contribution in [-0.4, -0.2) is 13.1 Å². The third-order valence-corrected chi connectivity index (χ3v) is 1.70. The zero-order valence-electron chi connectivity index (χ0n) is 4.60. The fourth-order valence-electron chi connectivity index (χ4n) is 0.945. The molecule has 1 saturated carbocycles. The standard InChI is InChI=1S/C6H6O2/c1-8-6(7)5-3-2-4(3)5/h3H,2H2,1H3. The number of hydrogen-bond acceptors (Lipinski definition) is 2. The van der Waals surface area contributed by atoms with Crippen molar-refractivity contribution in [1.29, 1.82) is 0 Å². The molecule has 0 saturated heterocycles. The lowest BCUT2D eigenvalue weighted by atomic mass is 10.3. The smallest absolute Gasteiger partial charge is 0.334 e. The van der Waals surface area contributed by atoms with Crippen LogP contribution < -0.4 is 0 Å². The van der Waals surface area contributed by atoms with Crippen LogP contribution in [0.25, 0.3) is 0 Å². The normalized spacial score (nSPS) is 29.4. The van der Waals surface area contributed by atoms with Crippen molar-refractivity contribution < 1.29 is 9.53 Å². The van der Waals surface area contributed by atoms with Gasteiger partial charge in [0.15, 0.2) is 0 Å². The maximum Gasteiger partial charge on any atom is 0.334 e. The molecule has 2 rings (SSSR count). The van der Waals surface area contributed by atoms with E-state index in [0.29, 0.717) is 5.92 Å². The van der Waals surface area contributed by atoms with E-state index in [1.807, 2.05) is 0 Å². The van der Waals surface area contributed by atoms with E-state index in [9.17, 15) is 4.79 Å². The van der Waals surface area contributed by atoms with Gasteiger partial charge in [0.1, 0.15) is 0 Å². The van der Waals surface area contributed by atoms with Crippen LogP contribution in [0.4, 0.5) is 0 Å². The van der Waals surface area contributed by atoms with Gasteiger partial charge in [-0.3, -0.25) is 0 Å². The van der Waals surface area contributed by atoms with Crippen molar-refractivity contribution in [3.8, 4) is 0 Å². The predicted octanol–water partition coefficient (Wildman–Crippen LogP) is 0.489. The number of methoxy groups -OCH3 is 1. The third-order valence-electron chi connectivity index (χ3n) is 1.70. The molecule has 2 aliphatic rings. The Balaban J connectivity index is 2.09. The molecule has 8 heavy (non-hydrogen) atoms. The summed E-state index contributed by atoms with van der Waals surface area (Å²) in [6, 6.07) is 0. The summed E-state index contributed by atoms with van der Waals surface area (Å²) >= 11 is 0. The summed E-state index contributed by atoms with van der Waals surface area (Å²) < 4.78 is 4.48. The van der Waals surface area contributed by atoms with E-state index in [2.05, 4.69) is 4.74 Å². The van der Waals surface area contributed by atoms with E-state index in [4.69, 9.17) is 0 Å². The minimum atomic E-state index is -0.115. The number of allylic oxidation sites excluding steroid dienone is 1. The minimum Gasteiger partial charge on any atom is -0.466 e. The van der Waals surface area contributed by atoms with Crippen LogP contribution in [0.15, 0.2) is 11.1 Å². The second-order valence-corrected chi connectivity index (χ2v) is 2.19. The lowest BCUT2D eigenvalue weighted by Gasteiger charge is -1.91. The van der Waals surface area contributed by atoms with Crippen LogP contribution in [0.1, 0.15) is 6.42 Å². The molecule has 0 aromatic rings. The average molecular weight is 110 g/mol. The number of hydrogen-bond donors (Lipinski definition) is 0. The Morgan fingerprint density at radius 1 is 1.88 bits per heavy atom. The molecule has 2 aliphatic carbocycles. The third kappa shape index (κ3) is 0.312. The summed E-state index contributed by atoms with van der Waals surface area (Å²) in [5.74, 6) is 0.457. The molecule has 0 bridgehead atoms. The van der Waals surface area contributed by atoms with Gasteiger partial charge in [0.2, 0.25) is 0 Å². The van der Waals surface area contributed by atoms with Gasteiger partial charge in [0.05, 0.1) is 7.11 Å². The summed E-state index contributed by atoms with van der Waals surface area (Å²) in [5.41, 5.74) is 2.28. The van der Waals surface area contributed by atoms with Gasteiger partial charge in [-0.05, 0) is 6.42 Å². The van der Waals surface area contributed by atoms with Gasteiger partial charge in [-0.15, -0.1) is 0 Å². The maximum atomic E-state index is 10.5. The molecule has 1 fully saturated rings. The molecular weight excluding hydrogens is 104 g/mol. The van der Waals surface area contributed by atoms with E-state index < -0.39 is 0 Å². The molecular formula is C6H6O2. The van der Waals surface area contributed by atoms with E-state index in [0.717, 1.165) is 12.0 Å². The van der Waals surface area contributed by atoms with Crippen LogP contribution >= 0.6 is 0 Å². The number of fused-ring (bicyclic) bond motifs is 1. The minimum absolute atomic E-state index is 0.115. The molecule has 0 aromatic heterocycles. The Hall–Kier alpha value is -0.790. The van der Waals surface area contributed by atoms with Gasteiger partial charge in [-0.1, -0.05) is 5.57 Å². The van der Waals surface area contributed by atoms with Gasteiger partial charge < -0.3 is 4.74 Å². The molecule has 0 aliphatic heterocycles. The maximum absolute atomic E-state index is 10.5. The van der Waals surface area contributed by atoms with Gasteiger partial charge in [0, 0.05) is 11.5 Å². The fourth-order valence-corrected chi connectivity index (χ4v) is 0.945. The number of esters is 1. The van der Waals surface area contributed by atoms with E-state index in [1.165, 1.54) is 12.7 Å². The van der Waals surface area contributed by atoms with Crippen LogP contribution in [0.3, 0.4) is 0 Å². The first-order valence-corrected chi connectivity index (χ1v) is 2.66. The number of ether oxygens (including phenoxy) is 1. The molecule has 0 amide bonds. The molecule has 0 spiro atoms. The summed E-state index contributed by atoms with van der Waals surface area (Å²) in [5, 5.41) is 0. The molecule has 42 valence electrons. The number of carbonyl (C=O) groups is 1. The highest BCUT2D eigenvalue weighted by Crippen LogP contribution is 2.61. The Bertz CT molecular complexity index is 191. The molecule has 2 nitrogen and oxygen atoms in total. The van der Waals surface area contributed by atoms with E-state index in [1.54, 1.807) is 0 Å². The summed E-state index contributed by atoms with van der Waals surface area (Å²) in [4.78, 5) is 10.5. The van der Waals surface area contributed by atoms with Gasteiger partial charge in [0.25, 0.3) is 0 Å². The van der Waals surface area contributed by atoms with Crippen molar-refractivity contribution >= 4 is 5.97 Å². The van der Waals surface area contributed by atoms with Crippen LogP contribution in [0.5, 0.6) is 0 Å². The second-order valence-electron chi connectivity index (χ2n) is 2.19. The van der Waals surface area contributed by atoms with Crippen molar-refractivity contribution in [2.75, 3.05) is 7.11 Å². The largest absolute Gasteiger partial charge is 0.466 e. The monoisotopic (exact) mass is 110 g/mol. The van der Waals surface area contributed by atoms with Gasteiger partial charge in [-0.25, -0.2) is 4.79 Å². The molecule has 1 atom stereocenters. The van der Waals surface area contributed by atoms with Crippen molar-refractivity contribution in [3.63, 3.8) is 0 Å². The van der Waals surface area contributed by atoms with Crippen LogP contribution in [0.2, 0.25) is 0 Å². The quantitative estimate of drug-likeness (QED) is 0.459. The lowest BCUT2D eigenvalue weighted by Crippen LogP contribution is -1.99. The zero-order valence-corrected chi connectivity index (χ0v) is 4.60. The summed E-state index contributed by atoms with van der Waals surface area (Å²) in [6.07, 6.45) is 1.16. The first-order valence-electron chi connectivity index (χ1n) is 2.66. The highest BCUT2D eigenvalue weighted by Gasteiger charge is 2.54. The average Bonchev–Trinajstić information content (AvgIpc) is 2.47. The van der Waals surface area contributed by atoms with Crippen molar-refractivity contribution in [2.24, 2.45) is 5.92 Å². The van der Waals surface area contributed by atoms with Gasteiger partial charge >= 0.3 is 5.97 Å².